The number of aromatic nitrogens is 1. The molecule has 1 aromatic heterocycles. The number of nitrogens with zero attached hydrogens (tertiary/aromatic N) is 1. The maximum Gasteiger partial charge on any atom is 0.387 e. The van der Waals surface area contributed by atoms with E-state index >= 15 is 0 Å². The van der Waals surface area contributed by atoms with Crippen LogP contribution in [0.4, 0.5) is 8.78 Å². The first-order valence-corrected chi connectivity index (χ1v) is 14.4. The summed E-state index contributed by atoms with van der Waals surface area (Å²) < 4.78 is 50.0. The van der Waals surface area contributed by atoms with E-state index in [1.54, 1.807) is 19.1 Å². The van der Waals surface area contributed by atoms with E-state index in [-0.39, 0.29) is 60.8 Å². The Morgan fingerprint density at radius 3 is 2.42 bits per heavy atom. The molecule has 0 aliphatic heterocycles. The van der Waals surface area contributed by atoms with Crippen LogP contribution in [0.25, 0.3) is 11.3 Å². The molecule has 0 saturated heterocycles. The van der Waals surface area contributed by atoms with Gasteiger partial charge in [0.25, 0.3) is 0 Å². The number of carbonyl (C=O) groups is 3. The average Bonchev–Trinajstić information content (AvgIpc) is 3.79. The highest BCUT2D eigenvalue weighted by Crippen LogP contribution is 2.41. The van der Waals surface area contributed by atoms with Gasteiger partial charge < -0.3 is 28.6 Å². The summed E-state index contributed by atoms with van der Waals surface area (Å²) >= 11 is 0. The SMILES string of the molecule is CCOC(=O)c1c(Cc2cccc(C(=O)O)c2)c(-c2ccc(OC(F)F)c(OC3CC3)c2)n(COCc2ccccc2)c1C=O. The number of hydrogen-bond donors (Lipinski definition) is 1. The Hall–Kier alpha value is -5.03. The number of alkyl halides is 2. The number of carboxylic acid groups (broad SMARTS) is 1. The smallest absolute Gasteiger partial charge is 0.387 e. The molecule has 0 spiro atoms. The molecule has 45 heavy (non-hydrogen) atoms. The highest BCUT2D eigenvalue weighted by molar-refractivity contribution is 6.02. The van der Waals surface area contributed by atoms with E-state index in [2.05, 4.69) is 0 Å². The first kappa shape index (κ1) is 31.4. The second-order valence-corrected chi connectivity index (χ2v) is 10.4. The Kier molecular flexibility index (Phi) is 9.89. The van der Waals surface area contributed by atoms with Gasteiger partial charge in [0.15, 0.2) is 17.8 Å². The van der Waals surface area contributed by atoms with Gasteiger partial charge in [-0.15, -0.1) is 0 Å². The van der Waals surface area contributed by atoms with E-state index in [1.807, 2.05) is 30.3 Å². The average molecular weight is 620 g/mol. The minimum Gasteiger partial charge on any atom is -0.487 e. The number of aromatic carboxylic acids is 1. The van der Waals surface area contributed by atoms with Gasteiger partial charge in [0.05, 0.1) is 41.8 Å². The zero-order valence-corrected chi connectivity index (χ0v) is 24.4. The molecule has 234 valence electrons. The Balaban J connectivity index is 1.69. The summed E-state index contributed by atoms with van der Waals surface area (Å²) in [6.07, 6.45) is 1.94. The standard InChI is InChI=1S/C34H31F2NO8/c1-2-43-33(41)30-26(16-22-9-6-10-24(15-22)32(39)40)31(37(27(30)18-38)20-42-19-21-7-4-3-5-8-21)23-11-14-28(45-34(35)36)29(17-23)44-25-12-13-25/h3-11,14-15,17-18,25,34H,2,12-13,16,19-20H2,1H3,(H,39,40). The van der Waals surface area contributed by atoms with Crippen molar-refractivity contribution in [1.82, 2.24) is 4.57 Å². The van der Waals surface area contributed by atoms with Crippen LogP contribution in [0.15, 0.2) is 72.8 Å². The number of ether oxygens (including phenoxy) is 4. The van der Waals surface area contributed by atoms with E-state index in [0.29, 0.717) is 28.7 Å². The van der Waals surface area contributed by atoms with E-state index in [4.69, 9.17) is 18.9 Å². The first-order valence-electron chi connectivity index (χ1n) is 14.4. The number of carboxylic acids is 1. The van der Waals surface area contributed by atoms with Crippen LogP contribution in [0.5, 0.6) is 11.5 Å². The minimum absolute atomic E-state index is 0.0107. The second kappa shape index (κ2) is 14.2. The number of carbonyl (C=O) groups excluding carboxylic acids is 2. The molecule has 0 bridgehead atoms. The van der Waals surface area contributed by atoms with Crippen molar-refractivity contribution in [2.24, 2.45) is 0 Å². The molecule has 1 aliphatic carbocycles. The zero-order chi connectivity index (χ0) is 31.9. The van der Waals surface area contributed by atoms with Gasteiger partial charge in [-0.1, -0.05) is 42.5 Å². The number of benzene rings is 3. The fourth-order valence-corrected chi connectivity index (χ4v) is 5.03. The monoisotopic (exact) mass is 619 g/mol. The molecule has 4 aromatic rings. The summed E-state index contributed by atoms with van der Waals surface area (Å²) in [5.41, 5.74) is 2.61. The van der Waals surface area contributed by atoms with Crippen LogP contribution in [-0.4, -0.2) is 47.2 Å². The van der Waals surface area contributed by atoms with E-state index in [9.17, 15) is 28.3 Å². The molecule has 3 aromatic carbocycles. The van der Waals surface area contributed by atoms with Gasteiger partial charge in [0.1, 0.15) is 6.73 Å². The van der Waals surface area contributed by atoms with Crippen molar-refractivity contribution in [2.75, 3.05) is 6.61 Å². The van der Waals surface area contributed by atoms with Crippen LogP contribution in [0.1, 0.15) is 67.7 Å². The molecule has 0 atom stereocenters. The summed E-state index contributed by atoms with van der Waals surface area (Å²) in [5, 5.41) is 9.57. The number of rotatable bonds is 15. The quantitative estimate of drug-likeness (QED) is 0.115. The van der Waals surface area contributed by atoms with Crippen molar-refractivity contribution in [2.45, 2.75) is 52.2 Å². The van der Waals surface area contributed by atoms with Crippen molar-refractivity contribution >= 4 is 18.2 Å². The predicted molar refractivity (Wildman–Crippen MR) is 159 cm³/mol. The Labute approximate surface area is 257 Å². The Morgan fingerprint density at radius 1 is 1.00 bits per heavy atom. The summed E-state index contributed by atoms with van der Waals surface area (Å²) in [7, 11) is 0. The third-order valence-corrected chi connectivity index (χ3v) is 7.13. The van der Waals surface area contributed by atoms with Gasteiger partial charge in [-0.25, -0.2) is 9.59 Å². The van der Waals surface area contributed by atoms with Gasteiger partial charge in [0.2, 0.25) is 0 Å². The molecule has 1 heterocycles. The minimum atomic E-state index is -3.08. The van der Waals surface area contributed by atoms with Crippen LogP contribution in [0.2, 0.25) is 0 Å². The lowest BCUT2D eigenvalue weighted by Crippen LogP contribution is -2.12. The van der Waals surface area contributed by atoms with Crippen molar-refractivity contribution in [3.63, 3.8) is 0 Å². The molecule has 11 heteroatoms. The number of aldehydes is 1. The van der Waals surface area contributed by atoms with Crippen molar-refractivity contribution in [1.29, 1.82) is 0 Å². The third-order valence-electron chi connectivity index (χ3n) is 7.13. The van der Waals surface area contributed by atoms with Crippen molar-refractivity contribution < 1.29 is 47.2 Å². The Bertz CT molecular complexity index is 1680. The zero-order valence-electron chi connectivity index (χ0n) is 24.4. The van der Waals surface area contributed by atoms with Crippen LogP contribution in [-0.2, 0) is 29.2 Å². The molecule has 0 amide bonds. The number of halogens is 2. The molecule has 1 saturated carbocycles. The highest BCUT2D eigenvalue weighted by atomic mass is 19.3. The topological polar surface area (TPSA) is 113 Å². The largest absolute Gasteiger partial charge is 0.487 e. The molecule has 5 rings (SSSR count). The molecule has 0 unspecified atom stereocenters. The molecule has 1 fully saturated rings. The van der Waals surface area contributed by atoms with Crippen LogP contribution in [0, 0.1) is 0 Å². The van der Waals surface area contributed by atoms with Crippen LogP contribution >= 0.6 is 0 Å². The lowest BCUT2D eigenvalue weighted by atomic mass is 9.96. The van der Waals surface area contributed by atoms with E-state index < -0.39 is 18.6 Å². The maximum atomic E-state index is 13.4. The van der Waals surface area contributed by atoms with Gasteiger partial charge in [0, 0.05) is 12.0 Å². The lowest BCUT2D eigenvalue weighted by Gasteiger charge is -2.17. The summed E-state index contributed by atoms with van der Waals surface area (Å²) in [4.78, 5) is 37.8. The molecular weight excluding hydrogens is 588 g/mol. The van der Waals surface area contributed by atoms with Gasteiger partial charge in [-0.3, -0.25) is 4.79 Å². The lowest BCUT2D eigenvalue weighted by molar-refractivity contribution is -0.0516. The fourth-order valence-electron chi connectivity index (χ4n) is 5.03. The summed E-state index contributed by atoms with van der Waals surface area (Å²) in [5.74, 6) is -1.95. The van der Waals surface area contributed by atoms with Gasteiger partial charge in [-0.05, 0) is 66.8 Å². The molecule has 0 radical (unpaired) electrons. The Morgan fingerprint density at radius 2 is 1.76 bits per heavy atom. The van der Waals surface area contributed by atoms with Gasteiger partial charge >= 0.3 is 18.6 Å². The highest BCUT2D eigenvalue weighted by Gasteiger charge is 2.31. The van der Waals surface area contributed by atoms with Crippen molar-refractivity contribution in [3.05, 3.63) is 106 Å². The second-order valence-electron chi connectivity index (χ2n) is 10.4. The van der Waals surface area contributed by atoms with E-state index in [1.165, 1.54) is 34.9 Å². The first-order chi connectivity index (χ1) is 21.8. The molecule has 1 N–H and O–H groups in total. The molecule has 9 nitrogen and oxygen atoms in total. The summed E-state index contributed by atoms with van der Waals surface area (Å²) in [6, 6.07) is 20.0. The summed E-state index contributed by atoms with van der Waals surface area (Å²) in [6.45, 7) is -1.37. The van der Waals surface area contributed by atoms with E-state index in [0.717, 1.165) is 18.4 Å². The molecular formula is C34H31F2NO8. The number of esters is 1. The van der Waals surface area contributed by atoms with Crippen LogP contribution < -0.4 is 9.47 Å². The fraction of sp³-hybridized carbons (Fsp3) is 0.265. The van der Waals surface area contributed by atoms with Crippen LogP contribution in [0.3, 0.4) is 0 Å². The van der Waals surface area contributed by atoms with Crippen molar-refractivity contribution in [3.8, 4) is 22.8 Å². The number of hydrogen-bond acceptors (Lipinski definition) is 7. The van der Waals surface area contributed by atoms with Gasteiger partial charge in [-0.2, -0.15) is 8.78 Å². The third kappa shape index (κ3) is 7.55. The normalized spacial score (nSPS) is 12.6. The molecule has 1 aliphatic rings. The maximum absolute atomic E-state index is 13.4. The predicted octanol–water partition coefficient (Wildman–Crippen LogP) is 6.75.